The third-order valence-corrected chi connectivity index (χ3v) is 8.11. The van der Waals surface area contributed by atoms with Gasteiger partial charge in [-0.25, -0.2) is 0 Å². The van der Waals surface area contributed by atoms with Gasteiger partial charge in [0.15, 0.2) is 5.69 Å². The smallest absolute Gasteiger partial charge is 0.269 e. The van der Waals surface area contributed by atoms with Gasteiger partial charge in [0.05, 0.1) is 11.7 Å². The minimum atomic E-state index is -0.798. The third kappa shape index (κ3) is 3.34. The summed E-state index contributed by atoms with van der Waals surface area (Å²) in [5.74, 6) is -0.613. The van der Waals surface area contributed by atoms with Crippen LogP contribution in [0.3, 0.4) is 0 Å². The van der Waals surface area contributed by atoms with E-state index in [1.54, 1.807) is 11.0 Å². The van der Waals surface area contributed by atoms with Gasteiger partial charge in [-0.3, -0.25) is 24.0 Å². The molecule has 3 aliphatic rings. The van der Waals surface area contributed by atoms with E-state index in [9.17, 15) is 14.4 Å². The van der Waals surface area contributed by atoms with E-state index in [0.717, 1.165) is 6.42 Å². The molecule has 164 valence electrons. The second kappa shape index (κ2) is 7.06. The van der Waals surface area contributed by atoms with E-state index < -0.39 is 16.3 Å². The number of hydrogen-bond donors (Lipinski definition) is 2. The fourth-order valence-electron chi connectivity index (χ4n) is 4.78. The molecule has 11 heteroatoms. The van der Waals surface area contributed by atoms with Crippen molar-refractivity contribution in [2.45, 2.75) is 42.7 Å². The van der Waals surface area contributed by atoms with Gasteiger partial charge in [-0.1, -0.05) is 6.92 Å². The Morgan fingerprint density at radius 2 is 2.06 bits per heavy atom. The molecule has 1 unspecified atom stereocenters. The number of carbonyl (C=O) groups excluding carboxylic acids is 3. The maximum atomic E-state index is 13.2. The van der Waals surface area contributed by atoms with Crippen LogP contribution in [0.1, 0.15) is 30.3 Å². The summed E-state index contributed by atoms with van der Waals surface area (Å²) in [6, 6.07) is 1.18. The molecule has 3 amide bonds. The Morgan fingerprint density at radius 1 is 1.32 bits per heavy atom. The van der Waals surface area contributed by atoms with Crippen LogP contribution in [-0.2, 0) is 16.1 Å². The normalized spacial score (nSPS) is 30.2. The molecule has 0 radical (unpaired) electrons. The quantitative estimate of drug-likeness (QED) is 0.618. The van der Waals surface area contributed by atoms with Crippen LogP contribution in [0.25, 0.3) is 10.9 Å². The molecule has 9 nitrogen and oxygen atoms in total. The minimum Gasteiger partial charge on any atom is -0.364 e. The first-order valence-corrected chi connectivity index (χ1v) is 11.0. The number of halogens is 2. The van der Waals surface area contributed by atoms with Gasteiger partial charge in [-0.05, 0) is 30.7 Å². The van der Waals surface area contributed by atoms with Crippen LogP contribution in [0.15, 0.2) is 18.5 Å². The largest absolute Gasteiger partial charge is 0.364 e. The molecule has 3 N–H and O–H groups in total. The number of nitrogens with two attached hydrogens (primary N) is 1. The lowest BCUT2D eigenvalue weighted by atomic mass is 10.1. The van der Waals surface area contributed by atoms with Gasteiger partial charge in [-0.15, -0.1) is 23.2 Å². The number of nitrogens with one attached hydrogen (secondary N) is 1. The molecule has 0 aromatic carbocycles. The minimum absolute atomic E-state index is 0.00929. The molecule has 2 saturated carbocycles. The zero-order valence-electron chi connectivity index (χ0n) is 16.8. The second-order valence-corrected chi connectivity index (χ2v) is 10.1. The van der Waals surface area contributed by atoms with E-state index in [1.165, 1.54) is 17.1 Å². The van der Waals surface area contributed by atoms with Crippen molar-refractivity contribution in [1.82, 2.24) is 25.0 Å². The molecule has 1 aliphatic heterocycles. The zero-order valence-corrected chi connectivity index (χ0v) is 18.3. The van der Waals surface area contributed by atoms with Crippen molar-refractivity contribution in [2.24, 2.45) is 23.5 Å². The highest BCUT2D eigenvalue weighted by atomic mass is 35.5. The number of primary amides is 1. The van der Waals surface area contributed by atoms with Gasteiger partial charge in [0.2, 0.25) is 11.8 Å². The maximum Gasteiger partial charge on any atom is 0.269 e. The molecule has 31 heavy (non-hydrogen) atoms. The van der Waals surface area contributed by atoms with Gasteiger partial charge < -0.3 is 16.0 Å². The molecule has 5 rings (SSSR count). The fourth-order valence-corrected chi connectivity index (χ4v) is 5.49. The van der Waals surface area contributed by atoms with Crippen molar-refractivity contribution in [3.05, 3.63) is 24.2 Å². The molecule has 3 fully saturated rings. The fraction of sp³-hybridized carbons (Fsp3) is 0.550. The molecule has 3 heterocycles. The molecule has 2 aliphatic carbocycles. The van der Waals surface area contributed by atoms with Crippen molar-refractivity contribution >= 4 is 51.8 Å². The SMILES string of the molecule is C[C@H]1C(CNC(=O)[C@@H]2C[C@H]3C[C@H]3N2C(=O)Cn2nc(C(N)=O)c3ccncc32)C1(Cl)Cl. The standard InChI is InChI=1S/C20H22Cl2N6O3/c1-9-12(20(9,21)22)6-25-19(31)14-5-10-4-13(10)28(14)16(29)8-27-15-7-24-3-2-11(15)17(26-27)18(23)30/h2-3,7,9-10,12-14H,4-6,8H2,1H3,(H2,23,30)(H,25,31)/t9-,10+,12?,13+,14-/m0/s1. The van der Waals surface area contributed by atoms with Crippen LogP contribution in [0.4, 0.5) is 0 Å². The lowest BCUT2D eigenvalue weighted by Gasteiger charge is -2.27. The Morgan fingerprint density at radius 3 is 2.74 bits per heavy atom. The Kier molecular flexibility index (Phi) is 4.67. The monoisotopic (exact) mass is 464 g/mol. The summed E-state index contributed by atoms with van der Waals surface area (Å²) < 4.78 is 0.630. The Labute approximate surface area is 188 Å². The number of nitrogens with zero attached hydrogens (tertiary/aromatic N) is 4. The Balaban J connectivity index is 1.31. The first-order chi connectivity index (χ1) is 14.7. The first kappa shape index (κ1) is 20.5. The number of amides is 3. The zero-order chi connectivity index (χ0) is 22.1. The number of carbonyl (C=O) groups is 3. The average Bonchev–Trinajstić information content (AvgIpc) is 3.44. The van der Waals surface area contributed by atoms with Gasteiger partial charge >= 0.3 is 0 Å². The molecule has 0 bridgehead atoms. The highest BCUT2D eigenvalue weighted by Crippen LogP contribution is 2.58. The van der Waals surface area contributed by atoms with Gasteiger partial charge in [0, 0.05) is 30.1 Å². The van der Waals surface area contributed by atoms with Crippen molar-refractivity contribution in [3.63, 3.8) is 0 Å². The number of hydrogen-bond acceptors (Lipinski definition) is 5. The Hall–Kier alpha value is -2.39. The molecular formula is C20H22Cl2N6O3. The van der Waals surface area contributed by atoms with E-state index in [4.69, 9.17) is 28.9 Å². The number of likely N-dealkylation sites (tertiary alicyclic amines) is 1. The lowest BCUT2D eigenvalue weighted by Crippen LogP contribution is -2.49. The van der Waals surface area contributed by atoms with Gasteiger partial charge in [0.1, 0.15) is 16.9 Å². The number of aromatic nitrogens is 3. The van der Waals surface area contributed by atoms with Gasteiger partial charge in [0.25, 0.3) is 5.91 Å². The van der Waals surface area contributed by atoms with E-state index in [1.807, 2.05) is 6.92 Å². The van der Waals surface area contributed by atoms with Gasteiger partial charge in [-0.2, -0.15) is 5.10 Å². The van der Waals surface area contributed by atoms with Crippen LogP contribution in [0.5, 0.6) is 0 Å². The highest BCUT2D eigenvalue weighted by molar-refractivity contribution is 6.51. The van der Waals surface area contributed by atoms with Crippen molar-refractivity contribution in [3.8, 4) is 0 Å². The van der Waals surface area contributed by atoms with Crippen molar-refractivity contribution in [1.29, 1.82) is 0 Å². The highest BCUT2D eigenvalue weighted by Gasteiger charge is 2.60. The summed E-state index contributed by atoms with van der Waals surface area (Å²) >= 11 is 12.3. The van der Waals surface area contributed by atoms with E-state index in [0.29, 0.717) is 29.8 Å². The van der Waals surface area contributed by atoms with Crippen molar-refractivity contribution in [2.75, 3.05) is 6.54 Å². The lowest BCUT2D eigenvalue weighted by molar-refractivity contribution is -0.140. The predicted octanol–water partition coefficient (Wildman–Crippen LogP) is 1.08. The summed E-state index contributed by atoms with van der Waals surface area (Å²) in [7, 11) is 0. The maximum absolute atomic E-state index is 13.2. The third-order valence-electron chi connectivity index (χ3n) is 6.86. The summed E-state index contributed by atoms with van der Waals surface area (Å²) in [6.07, 6.45) is 4.62. The van der Waals surface area contributed by atoms with Crippen LogP contribution in [-0.4, -0.2) is 60.3 Å². The second-order valence-electron chi connectivity index (χ2n) is 8.69. The van der Waals surface area contributed by atoms with Crippen LogP contribution < -0.4 is 11.1 Å². The Bertz CT molecular complexity index is 1100. The summed E-state index contributed by atoms with van der Waals surface area (Å²) in [6.45, 7) is 2.23. The molecular weight excluding hydrogens is 443 g/mol. The van der Waals surface area contributed by atoms with Crippen LogP contribution >= 0.6 is 23.2 Å². The van der Waals surface area contributed by atoms with E-state index >= 15 is 0 Å². The molecule has 1 saturated heterocycles. The number of fused-ring (bicyclic) bond motifs is 2. The molecule has 2 aromatic heterocycles. The molecule has 0 spiro atoms. The number of pyridine rings is 1. The van der Waals surface area contributed by atoms with Crippen LogP contribution in [0, 0.1) is 17.8 Å². The summed E-state index contributed by atoms with van der Waals surface area (Å²) in [4.78, 5) is 43.5. The van der Waals surface area contributed by atoms with Crippen LogP contribution in [0.2, 0.25) is 0 Å². The van der Waals surface area contributed by atoms with Crippen molar-refractivity contribution < 1.29 is 14.4 Å². The van der Waals surface area contributed by atoms with E-state index in [-0.39, 0.29) is 41.9 Å². The predicted molar refractivity (Wildman–Crippen MR) is 113 cm³/mol. The summed E-state index contributed by atoms with van der Waals surface area (Å²) in [5, 5.41) is 7.68. The molecule has 5 atom stereocenters. The number of alkyl halides is 2. The first-order valence-electron chi connectivity index (χ1n) is 10.3. The number of rotatable bonds is 6. The average molecular weight is 465 g/mol. The summed E-state index contributed by atoms with van der Waals surface area (Å²) in [5.41, 5.74) is 6.06. The van der Waals surface area contributed by atoms with E-state index in [2.05, 4.69) is 15.4 Å². The topological polar surface area (TPSA) is 123 Å². The number of piperidine rings is 1. The molecule has 2 aromatic rings.